The molecule has 1 aliphatic carbocycles. The van der Waals surface area contributed by atoms with Crippen LogP contribution in [0.3, 0.4) is 0 Å². The summed E-state index contributed by atoms with van der Waals surface area (Å²) < 4.78 is 0. The van der Waals surface area contributed by atoms with Crippen molar-refractivity contribution in [2.24, 2.45) is 5.41 Å². The van der Waals surface area contributed by atoms with Crippen LogP contribution < -0.4 is 5.32 Å². The van der Waals surface area contributed by atoms with Crippen molar-refractivity contribution in [2.45, 2.75) is 51.6 Å². The SMILES string of the molecule is CC(C)(C)c1ccc(C(O)CNC(=O)C2(C#N)CCC2)cc1. The fourth-order valence-corrected chi connectivity index (χ4v) is 2.60. The molecular weight excluding hydrogens is 276 g/mol. The Kier molecular flexibility index (Phi) is 4.58. The zero-order valence-electron chi connectivity index (χ0n) is 13.5. The van der Waals surface area contributed by atoms with Crippen LogP contribution in [0.5, 0.6) is 0 Å². The fraction of sp³-hybridized carbons (Fsp3) is 0.556. The summed E-state index contributed by atoms with van der Waals surface area (Å²) in [5.41, 5.74) is 1.18. The Morgan fingerprint density at radius 1 is 1.36 bits per heavy atom. The minimum atomic E-state index is -0.865. The van der Waals surface area contributed by atoms with Gasteiger partial charge < -0.3 is 10.4 Å². The number of carbonyl (C=O) groups excluding carboxylic acids is 1. The van der Waals surface area contributed by atoms with E-state index in [2.05, 4.69) is 32.2 Å². The summed E-state index contributed by atoms with van der Waals surface area (Å²) in [7, 11) is 0. The van der Waals surface area contributed by atoms with Crippen LogP contribution in [0.2, 0.25) is 0 Å². The van der Waals surface area contributed by atoms with Crippen LogP contribution in [-0.4, -0.2) is 17.6 Å². The molecule has 1 amide bonds. The molecule has 118 valence electrons. The Balaban J connectivity index is 1.94. The Morgan fingerprint density at radius 2 is 1.95 bits per heavy atom. The second-order valence-corrected chi connectivity index (χ2v) is 7.15. The third kappa shape index (κ3) is 3.31. The van der Waals surface area contributed by atoms with Crippen LogP contribution in [0, 0.1) is 16.7 Å². The van der Waals surface area contributed by atoms with E-state index in [0.29, 0.717) is 12.8 Å². The third-order valence-electron chi connectivity index (χ3n) is 4.47. The van der Waals surface area contributed by atoms with Crippen LogP contribution in [-0.2, 0) is 10.2 Å². The molecule has 0 saturated heterocycles. The van der Waals surface area contributed by atoms with E-state index < -0.39 is 11.5 Å². The Hall–Kier alpha value is -1.86. The van der Waals surface area contributed by atoms with E-state index in [1.54, 1.807) is 0 Å². The van der Waals surface area contributed by atoms with Gasteiger partial charge in [-0.1, -0.05) is 45.0 Å². The van der Waals surface area contributed by atoms with Gasteiger partial charge >= 0.3 is 0 Å². The maximum Gasteiger partial charge on any atom is 0.240 e. The first-order chi connectivity index (χ1) is 10.3. The van der Waals surface area contributed by atoms with E-state index in [1.807, 2.05) is 24.3 Å². The van der Waals surface area contributed by atoms with Crippen molar-refractivity contribution in [1.29, 1.82) is 5.26 Å². The van der Waals surface area contributed by atoms with Gasteiger partial charge in [-0.15, -0.1) is 0 Å². The van der Waals surface area contributed by atoms with Crippen molar-refractivity contribution in [3.8, 4) is 6.07 Å². The van der Waals surface area contributed by atoms with Gasteiger partial charge in [0.1, 0.15) is 5.41 Å². The summed E-state index contributed by atoms with van der Waals surface area (Å²) in [4.78, 5) is 12.1. The molecule has 0 bridgehead atoms. The van der Waals surface area contributed by atoms with Crippen LogP contribution in [0.4, 0.5) is 0 Å². The van der Waals surface area contributed by atoms with Crippen molar-refractivity contribution in [2.75, 3.05) is 6.54 Å². The average molecular weight is 300 g/mol. The summed E-state index contributed by atoms with van der Waals surface area (Å²) in [5, 5.41) is 22.0. The van der Waals surface area contributed by atoms with E-state index in [9.17, 15) is 9.90 Å². The van der Waals surface area contributed by atoms with E-state index >= 15 is 0 Å². The number of hydrogen-bond donors (Lipinski definition) is 2. The predicted octanol–water partition coefficient (Wildman–Crippen LogP) is 2.83. The van der Waals surface area contributed by atoms with Gasteiger partial charge in [0.2, 0.25) is 5.91 Å². The third-order valence-corrected chi connectivity index (χ3v) is 4.47. The molecule has 1 unspecified atom stereocenters. The van der Waals surface area contributed by atoms with Crippen LogP contribution in [0.15, 0.2) is 24.3 Å². The maximum absolute atomic E-state index is 12.1. The number of nitrogens with one attached hydrogen (secondary N) is 1. The summed E-state index contributed by atoms with van der Waals surface area (Å²) in [6, 6.07) is 9.89. The van der Waals surface area contributed by atoms with E-state index in [0.717, 1.165) is 12.0 Å². The molecule has 0 heterocycles. The molecule has 2 N–H and O–H groups in total. The number of benzene rings is 1. The molecule has 0 spiro atoms. The normalized spacial score (nSPS) is 18.0. The summed E-state index contributed by atoms with van der Waals surface area (Å²) in [6.45, 7) is 6.55. The van der Waals surface area contributed by atoms with E-state index in [4.69, 9.17) is 5.26 Å². The van der Waals surface area contributed by atoms with Gasteiger partial charge in [0.25, 0.3) is 0 Å². The quantitative estimate of drug-likeness (QED) is 0.898. The predicted molar refractivity (Wildman–Crippen MR) is 85.0 cm³/mol. The summed E-state index contributed by atoms with van der Waals surface area (Å²) in [6.07, 6.45) is 1.39. The van der Waals surface area contributed by atoms with Crippen molar-refractivity contribution >= 4 is 5.91 Å². The van der Waals surface area contributed by atoms with Crippen molar-refractivity contribution in [3.63, 3.8) is 0 Å². The number of amides is 1. The highest BCUT2D eigenvalue weighted by Crippen LogP contribution is 2.40. The van der Waals surface area contributed by atoms with E-state index in [-0.39, 0.29) is 17.9 Å². The molecule has 22 heavy (non-hydrogen) atoms. The second-order valence-electron chi connectivity index (χ2n) is 7.15. The standard InChI is InChI=1S/C18H24N2O2/c1-17(2,3)14-7-5-13(6-8-14)15(21)11-20-16(22)18(12-19)9-4-10-18/h5-8,15,21H,4,9-11H2,1-3H3,(H,20,22). The number of nitrogens with zero attached hydrogens (tertiary/aromatic N) is 1. The molecule has 4 heteroatoms. The molecule has 1 aliphatic rings. The number of carbonyl (C=O) groups is 1. The van der Waals surface area contributed by atoms with Gasteiger partial charge in [0.15, 0.2) is 0 Å². The first-order valence-electron chi connectivity index (χ1n) is 7.76. The molecular formula is C18H24N2O2. The lowest BCUT2D eigenvalue weighted by Crippen LogP contribution is -2.45. The smallest absolute Gasteiger partial charge is 0.240 e. The highest BCUT2D eigenvalue weighted by atomic mass is 16.3. The van der Waals surface area contributed by atoms with Gasteiger partial charge in [-0.2, -0.15) is 5.26 Å². The zero-order valence-corrected chi connectivity index (χ0v) is 13.5. The number of nitriles is 1. The van der Waals surface area contributed by atoms with Gasteiger partial charge in [-0.05, 0) is 35.8 Å². The lowest BCUT2D eigenvalue weighted by atomic mass is 9.69. The number of aliphatic hydroxyl groups excluding tert-OH is 1. The average Bonchev–Trinajstić information content (AvgIpc) is 2.43. The highest BCUT2D eigenvalue weighted by Gasteiger charge is 2.44. The molecule has 1 aromatic rings. The Labute approximate surface area is 132 Å². The lowest BCUT2D eigenvalue weighted by Gasteiger charge is -2.33. The number of aliphatic hydroxyl groups is 1. The fourth-order valence-electron chi connectivity index (χ4n) is 2.60. The first-order valence-corrected chi connectivity index (χ1v) is 7.76. The molecule has 0 aromatic heterocycles. The Morgan fingerprint density at radius 3 is 2.36 bits per heavy atom. The van der Waals surface area contributed by atoms with Crippen molar-refractivity contribution < 1.29 is 9.90 Å². The lowest BCUT2D eigenvalue weighted by molar-refractivity contribution is -0.132. The van der Waals surface area contributed by atoms with Crippen LogP contribution >= 0.6 is 0 Å². The summed E-state index contributed by atoms with van der Waals surface area (Å²) in [5.74, 6) is -0.258. The molecule has 4 nitrogen and oxygen atoms in total. The molecule has 0 radical (unpaired) electrons. The van der Waals surface area contributed by atoms with Gasteiger partial charge in [-0.3, -0.25) is 4.79 Å². The number of rotatable bonds is 4. The summed E-state index contributed by atoms with van der Waals surface area (Å²) >= 11 is 0. The minimum absolute atomic E-state index is 0.0705. The molecule has 1 atom stereocenters. The van der Waals surface area contributed by atoms with Crippen molar-refractivity contribution in [3.05, 3.63) is 35.4 Å². The molecule has 0 aliphatic heterocycles. The topological polar surface area (TPSA) is 73.1 Å². The molecule has 1 fully saturated rings. The monoisotopic (exact) mass is 300 g/mol. The Bertz CT molecular complexity index is 575. The zero-order chi connectivity index (χ0) is 16.4. The van der Waals surface area contributed by atoms with Crippen LogP contribution in [0.1, 0.15) is 57.3 Å². The van der Waals surface area contributed by atoms with E-state index in [1.165, 1.54) is 5.56 Å². The molecule has 1 saturated carbocycles. The first kappa shape index (κ1) is 16.5. The molecule has 2 rings (SSSR count). The highest BCUT2D eigenvalue weighted by molar-refractivity contribution is 5.86. The van der Waals surface area contributed by atoms with Gasteiger partial charge in [0, 0.05) is 6.54 Å². The van der Waals surface area contributed by atoms with Gasteiger partial charge in [-0.25, -0.2) is 0 Å². The van der Waals surface area contributed by atoms with Gasteiger partial charge in [0.05, 0.1) is 12.2 Å². The van der Waals surface area contributed by atoms with Crippen LogP contribution in [0.25, 0.3) is 0 Å². The second kappa shape index (κ2) is 6.10. The molecule has 1 aromatic carbocycles. The maximum atomic E-state index is 12.1. The largest absolute Gasteiger partial charge is 0.387 e. The number of hydrogen-bond acceptors (Lipinski definition) is 3. The van der Waals surface area contributed by atoms with Crippen molar-refractivity contribution in [1.82, 2.24) is 5.32 Å². The minimum Gasteiger partial charge on any atom is -0.387 e.